The van der Waals surface area contributed by atoms with Gasteiger partial charge in [-0.3, -0.25) is 10.1 Å². The molecule has 5 heteroatoms. The summed E-state index contributed by atoms with van der Waals surface area (Å²) in [7, 11) is 1.41. The summed E-state index contributed by atoms with van der Waals surface area (Å²) in [5.41, 5.74) is 0.0343. The van der Waals surface area contributed by atoms with Gasteiger partial charge in [0.15, 0.2) is 0 Å². The first-order chi connectivity index (χ1) is 8.34. The third-order valence-corrected chi connectivity index (χ3v) is 3.00. The highest BCUT2D eigenvalue weighted by Gasteiger charge is 2.28. The molecule has 2 atom stereocenters. The van der Waals surface area contributed by atoms with Crippen LogP contribution in [0.15, 0.2) is 18.7 Å². The van der Waals surface area contributed by atoms with Crippen LogP contribution in [-0.4, -0.2) is 34.7 Å². The van der Waals surface area contributed by atoms with Crippen molar-refractivity contribution in [1.82, 2.24) is 14.9 Å². The van der Waals surface area contributed by atoms with E-state index in [0.717, 1.165) is 6.54 Å². The van der Waals surface area contributed by atoms with Gasteiger partial charge in [-0.1, -0.05) is 20.8 Å². The van der Waals surface area contributed by atoms with Gasteiger partial charge in [-0.05, 0) is 12.3 Å². The summed E-state index contributed by atoms with van der Waals surface area (Å²) in [6, 6.07) is -0.163. The average molecular weight is 253 g/mol. The lowest BCUT2D eigenvalue weighted by atomic mass is 9.86. The van der Waals surface area contributed by atoms with Gasteiger partial charge in [0.25, 0.3) is 0 Å². The Hall–Kier alpha value is -1.36. The van der Waals surface area contributed by atoms with Crippen molar-refractivity contribution in [1.29, 1.82) is 0 Å². The molecule has 1 aromatic heterocycles. The minimum Gasteiger partial charge on any atom is -0.468 e. The second-order valence-corrected chi connectivity index (χ2v) is 5.59. The number of carbonyl (C=O) groups excluding carboxylic acids is 1. The average Bonchev–Trinajstić information content (AvgIpc) is 2.78. The zero-order valence-electron chi connectivity index (χ0n) is 11.8. The van der Waals surface area contributed by atoms with Crippen molar-refractivity contribution in [2.24, 2.45) is 5.41 Å². The van der Waals surface area contributed by atoms with Crippen molar-refractivity contribution < 1.29 is 9.53 Å². The number of hydrogen-bond acceptors (Lipinski definition) is 4. The molecule has 1 rings (SSSR count). The van der Waals surface area contributed by atoms with E-state index in [4.69, 9.17) is 4.74 Å². The first-order valence-electron chi connectivity index (χ1n) is 6.14. The molecular weight excluding hydrogens is 230 g/mol. The lowest BCUT2D eigenvalue weighted by Crippen LogP contribution is -2.50. The quantitative estimate of drug-likeness (QED) is 0.807. The normalized spacial score (nSPS) is 15.2. The molecule has 2 unspecified atom stereocenters. The molecule has 1 N–H and O–H groups in total. The molecule has 0 saturated carbocycles. The number of nitrogens with one attached hydrogen (secondary N) is 1. The summed E-state index contributed by atoms with van der Waals surface area (Å²) < 4.78 is 6.75. The molecule has 0 bridgehead atoms. The van der Waals surface area contributed by atoms with E-state index in [-0.39, 0.29) is 23.5 Å². The van der Waals surface area contributed by atoms with Gasteiger partial charge in [-0.2, -0.15) is 0 Å². The molecule has 18 heavy (non-hydrogen) atoms. The van der Waals surface area contributed by atoms with Crippen LogP contribution in [0.2, 0.25) is 0 Å². The summed E-state index contributed by atoms with van der Waals surface area (Å²) in [6.45, 7) is 9.02. The van der Waals surface area contributed by atoms with Crippen LogP contribution in [0, 0.1) is 5.41 Å². The lowest BCUT2D eigenvalue weighted by Gasteiger charge is -2.33. The van der Waals surface area contributed by atoms with Crippen LogP contribution in [0.25, 0.3) is 0 Å². The minimum absolute atomic E-state index is 0.0343. The van der Waals surface area contributed by atoms with Gasteiger partial charge < -0.3 is 9.30 Å². The van der Waals surface area contributed by atoms with Crippen LogP contribution >= 0.6 is 0 Å². The monoisotopic (exact) mass is 253 g/mol. The maximum absolute atomic E-state index is 11.5. The molecule has 102 valence electrons. The van der Waals surface area contributed by atoms with Crippen molar-refractivity contribution in [3.8, 4) is 0 Å². The third-order valence-electron chi connectivity index (χ3n) is 3.00. The molecule has 0 fully saturated rings. The van der Waals surface area contributed by atoms with Gasteiger partial charge >= 0.3 is 5.97 Å². The number of imidazole rings is 1. The van der Waals surface area contributed by atoms with E-state index in [0.29, 0.717) is 0 Å². The van der Waals surface area contributed by atoms with E-state index in [1.54, 1.807) is 12.5 Å². The fourth-order valence-corrected chi connectivity index (χ4v) is 1.73. The second kappa shape index (κ2) is 6.00. The smallest absolute Gasteiger partial charge is 0.322 e. The molecule has 1 heterocycles. The number of hydrogen-bond donors (Lipinski definition) is 1. The van der Waals surface area contributed by atoms with Gasteiger partial charge in [0.05, 0.1) is 13.4 Å². The minimum atomic E-state index is -0.317. The molecular formula is C13H23N3O2. The summed E-state index contributed by atoms with van der Waals surface area (Å²) in [5.74, 6) is -0.241. The SMILES string of the molecule is COC(=O)C(C)NC(Cn1ccnc1)C(C)(C)C. The van der Waals surface area contributed by atoms with E-state index in [1.807, 2.05) is 17.7 Å². The number of ether oxygens (including phenoxy) is 1. The maximum Gasteiger partial charge on any atom is 0.322 e. The number of nitrogens with zero attached hydrogens (tertiary/aromatic N) is 2. The topological polar surface area (TPSA) is 56.1 Å². The van der Waals surface area contributed by atoms with Crippen LogP contribution in [0.1, 0.15) is 27.7 Å². The van der Waals surface area contributed by atoms with E-state index < -0.39 is 0 Å². The fourth-order valence-electron chi connectivity index (χ4n) is 1.73. The number of esters is 1. The van der Waals surface area contributed by atoms with Crippen molar-refractivity contribution in [3.05, 3.63) is 18.7 Å². The summed E-state index contributed by atoms with van der Waals surface area (Å²) in [5, 5.41) is 3.32. The summed E-state index contributed by atoms with van der Waals surface area (Å²) >= 11 is 0. The zero-order valence-corrected chi connectivity index (χ0v) is 11.8. The molecule has 5 nitrogen and oxygen atoms in total. The van der Waals surface area contributed by atoms with E-state index in [9.17, 15) is 4.79 Å². The number of carbonyl (C=O) groups is 1. The Morgan fingerprint density at radius 2 is 2.17 bits per heavy atom. The van der Waals surface area contributed by atoms with E-state index in [1.165, 1.54) is 7.11 Å². The predicted molar refractivity (Wildman–Crippen MR) is 70.1 cm³/mol. The third kappa shape index (κ3) is 4.14. The largest absolute Gasteiger partial charge is 0.468 e. The standard InChI is InChI=1S/C13H23N3O2/c1-10(12(17)18-5)15-11(13(2,3)4)8-16-7-6-14-9-16/h6-7,9-11,15H,8H2,1-5H3. The Labute approximate surface area is 109 Å². The highest BCUT2D eigenvalue weighted by atomic mass is 16.5. The van der Waals surface area contributed by atoms with E-state index in [2.05, 4.69) is 31.1 Å². The zero-order chi connectivity index (χ0) is 13.8. The van der Waals surface area contributed by atoms with Gasteiger partial charge in [-0.25, -0.2) is 4.98 Å². The van der Waals surface area contributed by atoms with Crippen molar-refractivity contribution in [2.75, 3.05) is 7.11 Å². The van der Waals surface area contributed by atoms with Crippen molar-refractivity contribution in [2.45, 2.75) is 46.3 Å². The van der Waals surface area contributed by atoms with Crippen LogP contribution in [0.5, 0.6) is 0 Å². The van der Waals surface area contributed by atoms with E-state index >= 15 is 0 Å². The number of methoxy groups -OCH3 is 1. The highest BCUT2D eigenvalue weighted by Crippen LogP contribution is 2.21. The van der Waals surface area contributed by atoms with Crippen LogP contribution in [-0.2, 0) is 16.1 Å². The number of rotatable bonds is 5. The van der Waals surface area contributed by atoms with Gasteiger partial charge in [-0.15, -0.1) is 0 Å². The van der Waals surface area contributed by atoms with Gasteiger partial charge in [0, 0.05) is 25.0 Å². The van der Waals surface area contributed by atoms with Crippen LogP contribution in [0.4, 0.5) is 0 Å². The maximum atomic E-state index is 11.5. The lowest BCUT2D eigenvalue weighted by molar-refractivity contribution is -0.143. The Bertz CT molecular complexity index is 368. The van der Waals surface area contributed by atoms with Crippen molar-refractivity contribution in [3.63, 3.8) is 0 Å². The summed E-state index contributed by atoms with van der Waals surface area (Å²) in [6.07, 6.45) is 5.45. The molecule has 0 spiro atoms. The first-order valence-corrected chi connectivity index (χ1v) is 6.14. The fraction of sp³-hybridized carbons (Fsp3) is 0.692. The Morgan fingerprint density at radius 3 is 2.61 bits per heavy atom. The Balaban J connectivity index is 2.71. The number of aromatic nitrogens is 2. The second-order valence-electron chi connectivity index (χ2n) is 5.59. The highest BCUT2D eigenvalue weighted by molar-refractivity contribution is 5.75. The Kier molecular flexibility index (Phi) is 4.90. The molecule has 0 radical (unpaired) electrons. The molecule has 0 aromatic carbocycles. The Morgan fingerprint density at radius 1 is 1.50 bits per heavy atom. The van der Waals surface area contributed by atoms with Gasteiger partial charge in [0.1, 0.15) is 6.04 Å². The molecule has 0 aliphatic carbocycles. The first kappa shape index (κ1) is 14.7. The summed E-state index contributed by atoms with van der Waals surface area (Å²) in [4.78, 5) is 15.5. The van der Waals surface area contributed by atoms with Crippen LogP contribution < -0.4 is 5.32 Å². The van der Waals surface area contributed by atoms with Gasteiger partial charge in [0.2, 0.25) is 0 Å². The predicted octanol–water partition coefficient (Wildman–Crippen LogP) is 1.45. The van der Waals surface area contributed by atoms with Crippen molar-refractivity contribution >= 4 is 5.97 Å². The molecule has 0 amide bonds. The van der Waals surface area contributed by atoms with Crippen LogP contribution in [0.3, 0.4) is 0 Å². The molecule has 1 aromatic rings. The molecule has 0 saturated heterocycles. The molecule has 0 aliphatic rings. The molecule has 0 aliphatic heterocycles.